The van der Waals surface area contributed by atoms with Crippen LogP contribution in [0.25, 0.3) is 5.69 Å². The molecule has 0 saturated carbocycles. The second-order valence-corrected chi connectivity index (χ2v) is 7.73. The zero-order chi connectivity index (χ0) is 21.3. The van der Waals surface area contributed by atoms with Crippen LogP contribution >= 0.6 is 0 Å². The Morgan fingerprint density at radius 1 is 1.00 bits per heavy atom. The highest BCUT2D eigenvalue weighted by Gasteiger charge is 2.26. The first-order valence-corrected chi connectivity index (χ1v) is 10.1. The zero-order valence-corrected chi connectivity index (χ0v) is 17.9. The summed E-state index contributed by atoms with van der Waals surface area (Å²) in [6.07, 6.45) is 1.67. The Hall–Kier alpha value is -3.42. The molecule has 0 bridgehead atoms. The van der Waals surface area contributed by atoms with E-state index in [4.69, 9.17) is 0 Å². The molecule has 0 unspecified atom stereocenters. The number of piperazine rings is 1. The molecule has 3 heterocycles. The number of hydrogen-bond donors (Lipinski definition) is 0. The van der Waals surface area contributed by atoms with Crippen molar-refractivity contribution >= 4 is 17.7 Å². The molecule has 3 aromatic rings. The average Bonchev–Trinajstić information content (AvgIpc) is 3.14. The second kappa shape index (κ2) is 8.14. The van der Waals surface area contributed by atoms with Crippen molar-refractivity contribution in [1.29, 1.82) is 0 Å². The van der Waals surface area contributed by atoms with Crippen LogP contribution in [0.5, 0.6) is 0 Å². The third-order valence-electron chi connectivity index (χ3n) is 5.38. The van der Waals surface area contributed by atoms with Crippen LogP contribution in [0.15, 0.2) is 42.6 Å². The van der Waals surface area contributed by atoms with Gasteiger partial charge in [0.25, 0.3) is 5.91 Å². The van der Waals surface area contributed by atoms with Gasteiger partial charge in [-0.1, -0.05) is 18.2 Å². The lowest BCUT2D eigenvalue weighted by atomic mass is 10.2. The predicted molar refractivity (Wildman–Crippen MR) is 118 cm³/mol. The molecule has 0 radical (unpaired) electrons. The Bertz CT molecular complexity index is 1040. The minimum atomic E-state index is 0.0217. The fourth-order valence-electron chi connectivity index (χ4n) is 3.64. The van der Waals surface area contributed by atoms with E-state index in [1.807, 2.05) is 78.8 Å². The molecule has 1 saturated heterocycles. The van der Waals surface area contributed by atoms with Crippen molar-refractivity contribution in [2.75, 3.05) is 50.1 Å². The van der Waals surface area contributed by atoms with Gasteiger partial charge in [0.15, 0.2) is 0 Å². The van der Waals surface area contributed by atoms with Crippen LogP contribution < -0.4 is 9.80 Å². The first-order valence-electron chi connectivity index (χ1n) is 10.1. The summed E-state index contributed by atoms with van der Waals surface area (Å²) in [6.45, 7) is 6.58. The molecule has 1 aliphatic heterocycles. The summed E-state index contributed by atoms with van der Waals surface area (Å²) in [5.41, 5.74) is 3.39. The Labute approximate surface area is 176 Å². The van der Waals surface area contributed by atoms with Crippen LogP contribution in [0, 0.1) is 13.8 Å². The van der Waals surface area contributed by atoms with E-state index < -0.39 is 0 Å². The van der Waals surface area contributed by atoms with Crippen LogP contribution in [-0.4, -0.2) is 70.8 Å². The van der Waals surface area contributed by atoms with Crippen molar-refractivity contribution in [3.05, 3.63) is 59.5 Å². The molecule has 0 N–H and O–H groups in total. The number of anilines is 2. The van der Waals surface area contributed by atoms with Crippen LogP contribution in [0.2, 0.25) is 0 Å². The highest BCUT2D eigenvalue weighted by Crippen LogP contribution is 2.20. The number of para-hydroxylation sites is 1. The van der Waals surface area contributed by atoms with E-state index in [0.717, 1.165) is 28.8 Å². The summed E-state index contributed by atoms with van der Waals surface area (Å²) in [5, 5.41) is 4.43. The fourth-order valence-corrected chi connectivity index (χ4v) is 3.64. The van der Waals surface area contributed by atoms with Gasteiger partial charge in [-0.2, -0.15) is 10.1 Å². The first-order chi connectivity index (χ1) is 14.4. The van der Waals surface area contributed by atoms with E-state index in [0.29, 0.717) is 31.7 Å². The van der Waals surface area contributed by atoms with Crippen LogP contribution in [0.3, 0.4) is 0 Å². The maximum Gasteiger partial charge on any atom is 0.257 e. The van der Waals surface area contributed by atoms with Crippen molar-refractivity contribution in [3.63, 3.8) is 0 Å². The molecular formula is C22H27N7O. The van der Waals surface area contributed by atoms with Gasteiger partial charge in [-0.05, 0) is 26.0 Å². The number of aromatic nitrogens is 4. The van der Waals surface area contributed by atoms with Gasteiger partial charge in [0.1, 0.15) is 5.82 Å². The molecule has 1 amide bonds. The van der Waals surface area contributed by atoms with Crippen molar-refractivity contribution in [3.8, 4) is 5.69 Å². The summed E-state index contributed by atoms with van der Waals surface area (Å²) in [7, 11) is 3.94. The third kappa shape index (κ3) is 3.85. The van der Waals surface area contributed by atoms with E-state index in [9.17, 15) is 4.79 Å². The van der Waals surface area contributed by atoms with Crippen molar-refractivity contribution in [1.82, 2.24) is 24.6 Å². The van der Waals surface area contributed by atoms with Gasteiger partial charge in [-0.3, -0.25) is 4.79 Å². The lowest BCUT2D eigenvalue weighted by Crippen LogP contribution is -2.49. The Morgan fingerprint density at radius 3 is 2.37 bits per heavy atom. The van der Waals surface area contributed by atoms with Gasteiger partial charge in [-0.25, -0.2) is 9.67 Å². The number of rotatable bonds is 4. The summed E-state index contributed by atoms with van der Waals surface area (Å²) in [6, 6.07) is 11.8. The second-order valence-electron chi connectivity index (χ2n) is 7.73. The summed E-state index contributed by atoms with van der Waals surface area (Å²) in [5.74, 6) is 1.63. The molecule has 4 rings (SSSR count). The van der Waals surface area contributed by atoms with Gasteiger partial charge in [0.05, 0.1) is 23.1 Å². The standard InChI is InChI=1S/C22H27N7O/c1-16-14-20(26(3)4)25-22(24-16)28-12-10-27(11-13-28)21(30)19-15-23-29(17(19)2)18-8-6-5-7-9-18/h5-9,14-15H,10-13H2,1-4H3. The minimum Gasteiger partial charge on any atom is -0.363 e. The molecule has 0 atom stereocenters. The average molecular weight is 406 g/mol. The molecule has 1 aliphatic rings. The summed E-state index contributed by atoms with van der Waals surface area (Å²) in [4.78, 5) is 28.4. The molecule has 8 nitrogen and oxygen atoms in total. The van der Waals surface area contributed by atoms with Crippen LogP contribution in [-0.2, 0) is 0 Å². The minimum absolute atomic E-state index is 0.0217. The van der Waals surface area contributed by atoms with Gasteiger partial charge in [0, 0.05) is 52.0 Å². The SMILES string of the molecule is Cc1cc(N(C)C)nc(N2CCN(C(=O)c3cnn(-c4ccccc4)c3C)CC2)n1. The van der Waals surface area contributed by atoms with Crippen LogP contribution in [0.1, 0.15) is 21.7 Å². The predicted octanol–water partition coefficient (Wildman–Crippen LogP) is 2.31. The number of nitrogens with zero attached hydrogens (tertiary/aromatic N) is 7. The molecule has 30 heavy (non-hydrogen) atoms. The summed E-state index contributed by atoms with van der Waals surface area (Å²) >= 11 is 0. The topological polar surface area (TPSA) is 70.4 Å². The lowest BCUT2D eigenvalue weighted by Gasteiger charge is -2.35. The van der Waals surface area contributed by atoms with E-state index in [2.05, 4.69) is 20.0 Å². The lowest BCUT2D eigenvalue weighted by molar-refractivity contribution is 0.0745. The Kier molecular flexibility index (Phi) is 5.39. The summed E-state index contributed by atoms with van der Waals surface area (Å²) < 4.78 is 1.81. The normalized spacial score (nSPS) is 14.1. The molecule has 0 spiro atoms. The molecule has 1 fully saturated rings. The molecule has 156 valence electrons. The number of benzene rings is 1. The largest absolute Gasteiger partial charge is 0.363 e. The fraction of sp³-hybridized carbons (Fsp3) is 0.364. The Balaban J connectivity index is 1.46. The quantitative estimate of drug-likeness (QED) is 0.663. The molecule has 1 aromatic carbocycles. The van der Waals surface area contributed by atoms with Crippen molar-refractivity contribution in [2.45, 2.75) is 13.8 Å². The number of hydrogen-bond acceptors (Lipinski definition) is 6. The van der Waals surface area contributed by atoms with Gasteiger partial charge in [-0.15, -0.1) is 0 Å². The zero-order valence-electron chi connectivity index (χ0n) is 17.9. The maximum atomic E-state index is 13.1. The molecule has 8 heteroatoms. The number of aryl methyl sites for hydroxylation is 1. The maximum absolute atomic E-state index is 13.1. The van der Waals surface area contributed by atoms with E-state index >= 15 is 0 Å². The van der Waals surface area contributed by atoms with Crippen molar-refractivity contribution < 1.29 is 4.79 Å². The monoisotopic (exact) mass is 405 g/mol. The highest BCUT2D eigenvalue weighted by molar-refractivity contribution is 5.95. The van der Waals surface area contributed by atoms with Gasteiger partial charge >= 0.3 is 0 Å². The smallest absolute Gasteiger partial charge is 0.257 e. The third-order valence-corrected chi connectivity index (χ3v) is 5.38. The number of carbonyl (C=O) groups is 1. The van der Waals surface area contributed by atoms with E-state index in [-0.39, 0.29) is 5.91 Å². The van der Waals surface area contributed by atoms with Crippen LogP contribution in [0.4, 0.5) is 11.8 Å². The van der Waals surface area contributed by atoms with Gasteiger partial charge < -0.3 is 14.7 Å². The first kappa shape index (κ1) is 19.9. The number of carbonyl (C=O) groups excluding carboxylic acids is 1. The van der Waals surface area contributed by atoms with Gasteiger partial charge in [0.2, 0.25) is 5.95 Å². The molecular weight excluding hydrogens is 378 g/mol. The Morgan fingerprint density at radius 2 is 1.70 bits per heavy atom. The number of amides is 1. The molecule has 2 aromatic heterocycles. The van der Waals surface area contributed by atoms with E-state index in [1.165, 1.54) is 0 Å². The molecule has 0 aliphatic carbocycles. The highest BCUT2D eigenvalue weighted by atomic mass is 16.2. The van der Waals surface area contributed by atoms with Crippen molar-refractivity contribution in [2.24, 2.45) is 0 Å². The van der Waals surface area contributed by atoms with E-state index in [1.54, 1.807) is 6.20 Å².